The number of benzene rings is 1. The van der Waals surface area contributed by atoms with Gasteiger partial charge in [-0.2, -0.15) is 22.0 Å². The largest absolute Gasteiger partial charge is 0.480 e. The standard InChI is InChI=1S/C30H33F5O5/c1-27-15-23(18-4-2-17(3-5-18)11-13-40-16-25(37)38)26-21-9-7-20(36)14-19(21)6-8-22(26)24(27)10-12-28(27,39)29(31,32)30(33,34)35/h2-5,14,22-24,39H,6-13,15-16H2,1H3,(H,37,38)/t22?,23-,24?,27+,28+/m1/s1. The SMILES string of the molecule is C[C@]12C[C@H](c3ccc(CCOCC(=O)O)cc3)C3=C4CCC(=O)C=C4CCC3C1CC[C@@]2(O)C(F)(F)C(F)(F)F. The molecule has 0 spiro atoms. The minimum atomic E-state index is -5.88. The number of rotatable bonds is 7. The number of aliphatic hydroxyl groups is 1. The molecule has 5 rings (SSSR count). The highest BCUT2D eigenvalue weighted by molar-refractivity contribution is 5.93. The number of ether oxygens (including phenoxy) is 1. The molecule has 4 aliphatic rings. The van der Waals surface area contributed by atoms with Crippen LogP contribution in [0.25, 0.3) is 0 Å². The average molecular weight is 569 g/mol. The molecule has 10 heteroatoms. The van der Waals surface area contributed by atoms with Crippen LogP contribution in [0.5, 0.6) is 0 Å². The lowest BCUT2D eigenvalue weighted by molar-refractivity contribution is -0.362. The number of allylic oxidation sites excluding steroid dienone is 4. The van der Waals surface area contributed by atoms with Crippen LogP contribution in [0.2, 0.25) is 0 Å². The van der Waals surface area contributed by atoms with Crippen molar-refractivity contribution in [2.45, 2.75) is 81.9 Å². The van der Waals surface area contributed by atoms with E-state index in [9.17, 15) is 27.9 Å². The zero-order chi connectivity index (χ0) is 29.1. The predicted molar refractivity (Wildman–Crippen MR) is 135 cm³/mol. The van der Waals surface area contributed by atoms with Crippen molar-refractivity contribution in [3.63, 3.8) is 0 Å². The Morgan fingerprint density at radius 3 is 2.42 bits per heavy atom. The fourth-order valence-corrected chi connectivity index (χ4v) is 7.98. The highest BCUT2D eigenvalue weighted by Crippen LogP contribution is 2.70. The first-order valence-electron chi connectivity index (χ1n) is 13.7. The highest BCUT2D eigenvalue weighted by Gasteiger charge is 2.79. The van der Waals surface area contributed by atoms with Gasteiger partial charge < -0.3 is 14.9 Å². The summed E-state index contributed by atoms with van der Waals surface area (Å²) in [6.07, 6.45) is -2.51. The lowest BCUT2D eigenvalue weighted by Crippen LogP contribution is -2.65. The molecule has 0 bridgehead atoms. The first kappa shape index (κ1) is 28.9. The summed E-state index contributed by atoms with van der Waals surface area (Å²) in [5, 5.41) is 20.1. The van der Waals surface area contributed by atoms with Crippen LogP contribution in [0.4, 0.5) is 22.0 Å². The molecule has 1 aromatic rings. The van der Waals surface area contributed by atoms with Crippen molar-refractivity contribution >= 4 is 11.8 Å². The van der Waals surface area contributed by atoms with Gasteiger partial charge in [-0.25, -0.2) is 4.79 Å². The van der Waals surface area contributed by atoms with Gasteiger partial charge in [0, 0.05) is 17.8 Å². The zero-order valence-corrected chi connectivity index (χ0v) is 22.2. The molecule has 0 aliphatic heterocycles. The van der Waals surface area contributed by atoms with E-state index in [1.807, 2.05) is 24.3 Å². The van der Waals surface area contributed by atoms with Crippen LogP contribution in [-0.4, -0.2) is 52.9 Å². The third-order valence-electron chi connectivity index (χ3n) is 9.90. The second-order valence-corrected chi connectivity index (χ2v) is 11.9. The van der Waals surface area contributed by atoms with Crippen LogP contribution in [0.15, 0.2) is 47.1 Å². The summed E-state index contributed by atoms with van der Waals surface area (Å²) in [5.74, 6) is -7.62. The summed E-state index contributed by atoms with van der Waals surface area (Å²) in [6, 6.07) is 7.30. The van der Waals surface area contributed by atoms with E-state index in [0.29, 0.717) is 32.1 Å². The smallest absolute Gasteiger partial charge is 0.456 e. The number of carboxylic acid groups (broad SMARTS) is 1. The van der Waals surface area contributed by atoms with Gasteiger partial charge in [0.2, 0.25) is 0 Å². The number of alkyl halides is 5. The third-order valence-corrected chi connectivity index (χ3v) is 9.90. The summed E-state index contributed by atoms with van der Waals surface area (Å²) in [7, 11) is 0. The Morgan fingerprint density at radius 1 is 1.07 bits per heavy atom. The quantitative estimate of drug-likeness (QED) is 0.304. The number of carbonyl (C=O) groups excluding carboxylic acids is 1. The Hall–Kier alpha value is -2.59. The molecule has 5 atom stereocenters. The number of hydrogen-bond acceptors (Lipinski definition) is 4. The maximum Gasteiger partial charge on any atom is 0.456 e. The average Bonchev–Trinajstić information content (AvgIpc) is 3.17. The van der Waals surface area contributed by atoms with Crippen molar-refractivity contribution in [1.82, 2.24) is 0 Å². The number of fused-ring (bicyclic) bond motifs is 4. The zero-order valence-electron chi connectivity index (χ0n) is 22.2. The van der Waals surface area contributed by atoms with Gasteiger partial charge >= 0.3 is 18.1 Å². The minimum absolute atomic E-state index is 0.0320. The second kappa shape index (κ2) is 10.0. The molecule has 1 aromatic carbocycles. The molecular weight excluding hydrogens is 535 g/mol. The Kier molecular flexibility index (Phi) is 7.26. The van der Waals surface area contributed by atoms with E-state index in [0.717, 1.165) is 27.8 Å². The summed E-state index contributed by atoms with van der Waals surface area (Å²) in [6.45, 7) is 1.18. The van der Waals surface area contributed by atoms with Gasteiger partial charge in [0.1, 0.15) is 12.2 Å². The Balaban J connectivity index is 1.55. The Bertz CT molecular complexity index is 1250. The molecule has 2 saturated carbocycles. The third kappa shape index (κ3) is 4.51. The van der Waals surface area contributed by atoms with E-state index in [1.165, 1.54) is 6.92 Å². The highest BCUT2D eigenvalue weighted by atomic mass is 19.4. The molecule has 0 saturated heterocycles. The number of aliphatic carboxylic acids is 1. The molecule has 0 heterocycles. The van der Waals surface area contributed by atoms with Crippen LogP contribution in [0.3, 0.4) is 0 Å². The Labute approximate surface area is 229 Å². The van der Waals surface area contributed by atoms with Gasteiger partial charge in [0.15, 0.2) is 5.78 Å². The lowest BCUT2D eigenvalue weighted by atomic mass is 9.50. The number of ketones is 1. The van der Waals surface area contributed by atoms with Crippen molar-refractivity contribution in [3.05, 3.63) is 58.2 Å². The van der Waals surface area contributed by atoms with Crippen LogP contribution in [0, 0.1) is 17.3 Å². The molecule has 218 valence electrons. The molecule has 4 aliphatic carbocycles. The predicted octanol–water partition coefficient (Wildman–Crippen LogP) is 6.16. The summed E-state index contributed by atoms with van der Waals surface area (Å²) in [4.78, 5) is 22.8. The van der Waals surface area contributed by atoms with Gasteiger partial charge in [0.05, 0.1) is 6.61 Å². The maximum atomic E-state index is 15.1. The lowest BCUT2D eigenvalue weighted by Gasteiger charge is -2.56. The van der Waals surface area contributed by atoms with Gasteiger partial charge in [-0.1, -0.05) is 36.8 Å². The van der Waals surface area contributed by atoms with E-state index in [2.05, 4.69) is 0 Å². The van der Waals surface area contributed by atoms with Gasteiger partial charge in [-0.3, -0.25) is 4.79 Å². The first-order chi connectivity index (χ1) is 18.7. The van der Waals surface area contributed by atoms with Crippen molar-refractivity contribution in [3.8, 4) is 0 Å². The first-order valence-corrected chi connectivity index (χ1v) is 13.7. The van der Waals surface area contributed by atoms with E-state index in [1.54, 1.807) is 6.08 Å². The molecular formula is C30H33F5O5. The molecule has 2 fully saturated rings. The molecule has 0 amide bonds. The normalized spacial score (nSPS) is 32.3. The molecule has 0 aromatic heterocycles. The van der Waals surface area contributed by atoms with Gasteiger partial charge in [0.25, 0.3) is 0 Å². The van der Waals surface area contributed by atoms with Crippen molar-refractivity contribution < 1.29 is 46.5 Å². The molecule has 2 unspecified atom stereocenters. The van der Waals surface area contributed by atoms with Gasteiger partial charge in [-0.05, 0) is 85.1 Å². The summed E-state index contributed by atoms with van der Waals surface area (Å²) >= 11 is 0. The molecule has 40 heavy (non-hydrogen) atoms. The van der Waals surface area contributed by atoms with E-state index in [4.69, 9.17) is 9.84 Å². The van der Waals surface area contributed by atoms with Crippen molar-refractivity contribution in [2.75, 3.05) is 13.2 Å². The summed E-state index contributed by atoms with van der Waals surface area (Å²) < 4.78 is 76.3. The van der Waals surface area contributed by atoms with Crippen LogP contribution in [0.1, 0.15) is 68.9 Å². The Morgan fingerprint density at radius 2 is 1.77 bits per heavy atom. The molecule has 2 N–H and O–H groups in total. The van der Waals surface area contributed by atoms with E-state index in [-0.39, 0.29) is 31.1 Å². The van der Waals surface area contributed by atoms with Crippen molar-refractivity contribution in [2.24, 2.45) is 17.3 Å². The maximum absolute atomic E-state index is 15.1. The monoisotopic (exact) mass is 568 g/mol. The summed E-state index contributed by atoms with van der Waals surface area (Å²) in [5.41, 5.74) is -0.353. The molecule has 5 nitrogen and oxygen atoms in total. The number of carbonyl (C=O) groups is 2. The molecule has 0 radical (unpaired) electrons. The van der Waals surface area contributed by atoms with Crippen molar-refractivity contribution in [1.29, 1.82) is 0 Å². The number of halogens is 5. The fraction of sp³-hybridized carbons (Fsp3) is 0.600. The van der Waals surface area contributed by atoms with Crippen LogP contribution < -0.4 is 0 Å². The van der Waals surface area contributed by atoms with E-state index < -0.39 is 53.9 Å². The van der Waals surface area contributed by atoms with Gasteiger partial charge in [-0.15, -0.1) is 0 Å². The minimum Gasteiger partial charge on any atom is -0.480 e. The van der Waals surface area contributed by atoms with E-state index >= 15 is 8.78 Å². The fourth-order valence-electron chi connectivity index (χ4n) is 7.98. The second-order valence-electron chi connectivity index (χ2n) is 11.9. The topological polar surface area (TPSA) is 83.8 Å². The van der Waals surface area contributed by atoms with Crippen LogP contribution >= 0.6 is 0 Å². The van der Waals surface area contributed by atoms with Crippen LogP contribution in [-0.2, 0) is 20.7 Å². The number of carboxylic acids is 1. The number of hydrogen-bond donors (Lipinski definition) is 2.